The summed E-state index contributed by atoms with van der Waals surface area (Å²) in [6, 6.07) is 23.9. The van der Waals surface area contributed by atoms with Gasteiger partial charge in [-0.15, -0.1) is 0 Å². The lowest BCUT2D eigenvalue weighted by Gasteiger charge is -2.10. The van der Waals surface area contributed by atoms with Crippen LogP contribution in [-0.2, 0) is 19.6 Å². The van der Waals surface area contributed by atoms with Crippen molar-refractivity contribution in [1.29, 1.82) is 0 Å². The van der Waals surface area contributed by atoms with Crippen LogP contribution in [0.25, 0.3) is 10.9 Å². The fraction of sp³-hybridized carbons (Fsp3) is 0.125. The molecule has 0 aliphatic heterocycles. The van der Waals surface area contributed by atoms with Crippen LogP contribution in [0.2, 0.25) is 0 Å². The number of carboxylic acids is 1. The Morgan fingerprint density at radius 3 is 2.28 bits per heavy atom. The highest BCUT2D eigenvalue weighted by atomic mass is 19.1. The number of aromatic nitrogens is 1. The highest BCUT2D eigenvalue weighted by Gasteiger charge is 2.22. The van der Waals surface area contributed by atoms with Crippen molar-refractivity contribution < 1.29 is 14.3 Å². The van der Waals surface area contributed by atoms with E-state index in [9.17, 15) is 14.3 Å². The number of rotatable bonds is 7. The molecule has 4 rings (SSSR count). The summed E-state index contributed by atoms with van der Waals surface area (Å²) < 4.78 is 14.9. The Labute approximate surface area is 168 Å². The smallest absolute Gasteiger partial charge is 0.352 e. The van der Waals surface area contributed by atoms with E-state index in [1.807, 2.05) is 59.2 Å². The van der Waals surface area contributed by atoms with Crippen LogP contribution in [0.4, 0.5) is 4.39 Å². The van der Waals surface area contributed by atoms with Gasteiger partial charge in [0.1, 0.15) is 11.5 Å². The Balaban J connectivity index is 1.68. The van der Waals surface area contributed by atoms with E-state index in [2.05, 4.69) is 5.32 Å². The maximum absolute atomic E-state index is 13.1. The lowest BCUT2D eigenvalue weighted by molar-refractivity contribution is 0.0685. The summed E-state index contributed by atoms with van der Waals surface area (Å²) in [5, 5.41) is 14.2. The van der Waals surface area contributed by atoms with Gasteiger partial charge < -0.3 is 15.0 Å². The van der Waals surface area contributed by atoms with Crippen LogP contribution in [0.5, 0.6) is 0 Å². The van der Waals surface area contributed by atoms with E-state index in [0.717, 1.165) is 27.6 Å². The monoisotopic (exact) mass is 388 g/mol. The third-order valence-corrected chi connectivity index (χ3v) is 5.01. The van der Waals surface area contributed by atoms with Crippen LogP contribution >= 0.6 is 0 Å². The summed E-state index contributed by atoms with van der Waals surface area (Å²) in [4.78, 5) is 12.2. The zero-order chi connectivity index (χ0) is 20.2. The molecule has 0 fully saturated rings. The first-order valence-corrected chi connectivity index (χ1v) is 9.46. The second kappa shape index (κ2) is 8.29. The maximum Gasteiger partial charge on any atom is 0.352 e. The molecule has 0 atom stereocenters. The van der Waals surface area contributed by atoms with Gasteiger partial charge in [0, 0.05) is 36.1 Å². The maximum atomic E-state index is 13.1. The molecule has 2 N–H and O–H groups in total. The molecule has 0 unspecified atom stereocenters. The largest absolute Gasteiger partial charge is 0.477 e. The summed E-state index contributed by atoms with van der Waals surface area (Å²) in [5.74, 6) is -1.22. The Hall–Kier alpha value is -3.44. The SMILES string of the molecule is O=C(O)c1c(CNCc2ccc(F)cc2)c2ccccc2n1Cc1ccccc1. The Bertz CT molecular complexity index is 1130. The summed E-state index contributed by atoms with van der Waals surface area (Å²) in [5.41, 5.74) is 3.93. The molecule has 0 aliphatic carbocycles. The van der Waals surface area contributed by atoms with Gasteiger partial charge in [-0.2, -0.15) is 0 Å². The molecule has 0 aliphatic rings. The first kappa shape index (κ1) is 18.9. The number of fused-ring (bicyclic) bond motifs is 1. The van der Waals surface area contributed by atoms with Crippen LogP contribution in [0.1, 0.15) is 27.2 Å². The summed E-state index contributed by atoms with van der Waals surface area (Å²) in [6.45, 7) is 1.42. The van der Waals surface area contributed by atoms with Gasteiger partial charge in [0.2, 0.25) is 0 Å². The van der Waals surface area contributed by atoms with E-state index in [4.69, 9.17) is 0 Å². The molecule has 3 aromatic carbocycles. The molecular weight excluding hydrogens is 367 g/mol. The second-order valence-electron chi connectivity index (χ2n) is 6.95. The third kappa shape index (κ3) is 4.05. The van der Waals surface area contributed by atoms with E-state index in [1.165, 1.54) is 12.1 Å². The van der Waals surface area contributed by atoms with Crippen LogP contribution in [0, 0.1) is 5.82 Å². The minimum Gasteiger partial charge on any atom is -0.477 e. The highest BCUT2D eigenvalue weighted by molar-refractivity contribution is 5.98. The van der Waals surface area contributed by atoms with E-state index in [1.54, 1.807) is 12.1 Å². The van der Waals surface area contributed by atoms with Gasteiger partial charge in [0.25, 0.3) is 0 Å². The molecule has 4 nitrogen and oxygen atoms in total. The number of hydrogen-bond donors (Lipinski definition) is 2. The molecule has 5 heteroatoms. The quantitative estimate of drug-likeness (QED) is 0.477. The minimum absolute atomic E-state index is 0.272. The first-order chi connectivity index (χ1) is 14.1. The number of carboxylic acid groups (broad SMARTS) is 1. The number of hydrogen-bond acceptors (Lipinski definition) is 2. The Morgan fingerprint density at radius 1 is 0.862 bits per heavy atom. The zero-order valence-corrected chi connectivity index (χ0v) is 15.8. The van der Waals surface area contributed by atoms with Crippen LogP contribution in [0.15, 0.2) is 78.9 Å². The van der Waals surface area contributed by atoms with Crippen molar-refractivity contribution in [1.82, 2.24) is 9.88 Å². The molecule has 1 heterocycles. The fourth-order valence-corrected chi connectivity index (χ4v) is 3.66. The van der Waals surface area contributed by atoms with Gasteiger partial charge in [0.05, 0.1) is 0 Å². The van der Waals surface area contributed by atoms with Crippen LogP contribution in [0.3, 0.4) is 0 Å². The van der Waals surface area contributed by atoms with Crippen molar-refractivity contribution in [3.05, 3.63) is 107 Å². The normalized spacial score (nSPS) is 11.1. The minimum atomic E-state index is -0.948. The molecule has 0 saturated carbocycles. The fourth-order valence-electron chi connectivity index (χ4n) is 3.66. The number of aromatic carboxylic acids is 1. The zero-order valence-electron chi connectivity index (χ0n) is 15.8. The van der Waals surface area contributed by atoms with E-state index < -0.39 is 5.97 Å². The van der Waals surface area contributed by atoms with E-state index in [0.29, 0.717) is 25.3 Å². The van der Waals surface area contributed by atoms with Crippen molar-refractivity contribution in [2.45, 2.75) is 19.6 Å². The predicted molar refractivity (Wildman–Crippen MR) is 111 cm³/mol. The lowest BCUT2D eigenvalue weighted by Crippen LogP contribution is -2.17. The van der Waals surface area contributed by atoms with Crippen molar-refractivity contribution in [3.8, 4) is 0 Å². The number of carbonyl (C=O) groups is 1. The Kier molecular flexibility index (Phi) is 5.40. The van der Waals surface area contributed by atoms with Gasteiger partial charge in [-0.25, -0.2) is 9.18 Å². The molecule has 1 aromatic heterocycles. The van der Waals surface area contributed by atoms with Crippen molar-refractivity contribution in [2.75, 3.05) is 0 Å². The van der Waals surface area contributed by atoms with Crippen LogP contribution in [-0.4, -0.2) is 15.6 Å². The van der Waals surface area contributed by atoms with Crippen molar-refractivity contribution >= 4 is 16.9 Å². The molecule has 0 bridgehead atoms. The van der Waals surface area contributed by atoms with E-state index in [-0.39, 0.29) is 5.82 Å². The molecule has 0 spiro atoms. The molecule has 0 radical (unpaired) electrons. The standard InChI is InChI=1S/C24H21FN2O2/c25-19-12-10-17(11-13-19)14-26-15-21-20-8-4-5-9-22(20)27(23(21)24(28)29)16-18-6-2-1-3-7-18/h1-13,26H,14-16H2,(H,28,29). The third-order valence-electron chi connectivity index (χ3n) is 5.01. The summed E-state index contributed by atoms with van der Waals surface area (Å²) in [6.07, 6.45) is 0. The molecule has 0 amide bonds. The average molecular weight is 388 g/mol. The molecule has 4 aromatic rings. The highest BCUT2D eigenvalue weighted by Crippen LogP contribution is 2.27. The number of nitrogens with zero attached hydrogens (tertiary/aromatic N) is 1. The predicted octanol–water partition coefficient (Wildman–Crippen LogP) is 4.82. The second-order valence-corrected chi connectivity index (χ2v) is 6.95. The summed E-state index contributed by atoms with van der Waals surface area (Å²) >= 11 is 0. The van der Waals surface area contributed by atoms with Crippen LogP contribution < -0.4 is 5.32 Å². The van der Waals surface area contributed by atoms with Gasteiger partial charge in [0.15, 0.2) is 0 Å². The van der Waals surface area contributed by atoms with Crippen molar-refractivity contribution in [3.63, 3.8) is 0 Å². The average Bonchev–Trinajstić information content (AvgIpc) is 3.04. The molecular formula is C24H21FN2O2. The molecule has 146 valence electrons. The van der Waals surface area contributed by atoms with Gasteiger partial charge in [-0.3, -0.25) is 0 Å². The lowest BCUT2D eigenvalue weighted by atomic mass is 10.1. The topological polar surface area (TPSA) is 54.3 Å². The number of halogens is 1. The Morgan fingerprint density at radius 2 is 1.55 bits per heavy atom. The van der Waals surface area contributed by atoms with Crippen molar-refractivity contribution in [2.24, 2.45) is 0 Å². The van der Waals surface area contributed by atoms with Gasteiger partial charge in [-0.1, -0.05) is 60.7 Å². The summed E-state index contributed by atoms with van der Waals surface area (Å²) in [7, 11) is 0. The van der Waals surface area contributed by atoms with E-state index >= 15 is 0 Å². The number of nitrogens with one attached hydrogen (secondary N) is 1. The molecule has 29 heavy (non-hydrogen) atoms. The van der Waals surface area contributed by atoms with Gasteiger partial charge >= 0.3 is 5.97 Å². The number of para-hydroxylation sites is 1. The molecule has 0 saturated heterocycles. The van der Waals surface area contributed by atoms with Gasteiger partial charge in [-0.05, 0) is 29.3 Å². The first-order valence-electron chi connectivity index (χ1n) is 9.46. The number of benzene rings is 3.